The minimum atomic E-state index is -0.941. The van der Waals surface area contributed by atoms with Crippen LogP contribution in [0.5, 0.6) is 0 Å². The molecular formula is C11H10FNO3S. The van der Waals surface area contributed by atoms with Crippen molar-refractivity contribution in [3.8, 4) is 0 Å². The van der Waals surface area contributed by atoms with Gasteiger partial charge in [-0.3, -0.25) is 9.59 Å². The number of carboxylic acids is 1. The monoisotopic (exact) mass is 255 g/mol. The van der Waals surface area contributed by atoms with Crippen LogP contribution in [0.25, 0.3) is 0 Å². The van der Waals surface area contributed by atoms with Gasteiger partial charge >= 0.3 is 5.97 Å². The third-order valence-electron chi connectivity index (χ3n) is 2.38. The zero-order chi connectivity index (χ0) is 12.4. The second kappa shape index (κ2) is 4.75. The first kappa shape index (κ1) is 11.9. The van der Waals surface area contributed by atoms with Crippen molar-refractivity contribution in [2.75, 3.05) is 5.32 Å². The molecule has 4 nitrogen and oxygen atoms in total. The highest BCUT2D eigenvalue weighted by Crippen LogP contribution is 2.37. The second-order valence-corrected chi connectivity index (χ2v) is 4.91. The van der Waals surface area contributed by atoms with Crippen LogP contribution in [0.15, 0.2) is 23.1 Å². The van der Waals surface area contributed by atoms with E-state index in [1.165, 1.54) is 30.0 Å². The van der Waals surface area contributed by atoms with Crippen LogP contribution in [-0.4, -0.2) is 22.2 Å². The number of carbonyl (C=O) groups excluding carboxylic acids is 1. The van der Waals surface area contributed by atoms with Gasteiger partial charge in [0.15, 0.2) is 0 Å². The molecule has 6 heteroatoms. The number of aliphatic carboxylic acids is 1. The summed E-state index contributed by atoms with van der Waals surface area (Å²) >= 11 is 1.21. The zero-order valence-electron chi connectivity index (χ0n) is 8.77. The summed E-state index contributed by atoms with van der Waals surface area (Å²) in [5, 5.41) is 10.7. The minimum Gasteiger partial charge on any atom is -0.481 e. The fourth-order valence-corrected chi connectivity index (χ4v) is 2.70. The molecule has 17 heavy (non-hydrogen) atoms. The van der Waals surface area contributed by atoms with E-state index in [-0.39, 0.29) is 24.6 Å². The molecule has 0 fully saturated rings. The Morgan fingerprint density at radius 3 is 3.00 bits per heavy atom. The average Bonchev–Trinajstić information content (AvgIpc) is 2.26. The number of amides is 1. The lowest BCUT2D eigenvalue weighted by Crippen LogP contribution is -2.29. The molecule has 1 aromatic rings. The van der Waals surface area contributed by atoms with Gasteiger partial charge in [-0.05, 0) is 24.6 Å². The smallest absolute Gasteiger partial charge is 0.303 e. The molecular weight excluding hydrogens is 245 g/mol. The van der Waals surface area contributed by atoms with Crippen LogP contribution in [0, 0.1) is 5.82 Å². The molecule has 1 amide bonds. The Labute approximate surface area is 101 Å². The molecule has 0 aliphatic carbocycles. The van der Waals surface area contributed by atoms with Crippen LogP contribution < -0.4 is 5.32 Å². The van der Waals surface area contributed by atoms with Crippen molar-refractivity contribution in [3.05, 3.63) is 24.0 Å². The molecule has 1 aromatic carbocycles. The number of benzene rings is 1. The van der Waals surface area contributed by atoms with Crippen LogP contribution >= 0.6 is 11.8 Å². The number of carbonyl (C=O) groups is 2. The quantitative estimate of drug-likeness (QED) is 0.868. The number of fused-ring (bicyclic) bond motifs is 1. The number of halogens is 1. The van der Waals surface area contributed by atoms with E-state index in [2.05, 4.69) is 5.32 Å². The molecule has 0 aromatic heterocycles. The number of nitrogens with one attached hydrogen (secondary N) is 1. The summed E-state index contributed by atoms with van der Waals surface area (Å²) in [6.45, 7) is 0. The van der Waals surface area contributed by atoms with Crippen LogP contribution in [-0.2, 0) is 9.59 Å². The fourth-order valence-electron chi connectivity index (χ4n) is 1.56. The number of hydrogen-bond acceptors (Lipinski definition) is 3. The maximum atomic E-state index is 13.0. The lowest BCUT2D eigenvalue weighted by atomic mass is 10.2. The van der Waals surface area contributed by atoms with Crippen molar-refractivity contribution in [1.29, 1.82) is 0 Å². The number of hydrogen-bond donors (Lipinski definition) is 2. The van der Waals surface area contributed by atoms with Gasteiger partial charge < -0.3 is 10.4 Å². The van der Waals surface area contributed by atoms with Crippen LogP contribution in [0.3, 0.4) is 0 Å². The van der Waals surface area contributed by atoms with E-state index in [4.69, 9.17) is 5.11 Å². The predicted molar refractivity (Wildman–Crippen MR) is 61.5 cm³/mol. The molecule has 0 spiro atoms. The Hall–Kier alpha value is -1.56. The van der Waals surface area contributed by atoms with Gasteiger partial charge in [-0.2, -0.15) is 0 Å². The van der Waals surface area contributed by atoms with Crippen molar-refractivity contribution in [3.63, 3.8) is 0 Å². The molecule has 0 bridgehead atoms. The van der Waals surface area contributed by atoms with E-state index in [1.54, 1.807) is 0 Å². The average molecular weight is 255 g/mol. The topological polar surface area (TPSA) is 66.4 Å². The van der Waals surface area contributed by atoms with Gasteiger partial charge in [0.25, 0.3) is 0 Å². The van der Waals surface area contributed by atoms with E-state index < -0.39 is 11.2 Å². The van der Waals surface area contributed by atoms with E-state index in [9.17, 15) is 14.0 Å². The van der Waals surface area contributed by atoms with Gasteiger partial charge in [0, 0.05) is 11.3 Å². The summed E-state index contributed by atoms with van der Waals surface area (Å²) in [4.78, 5) is 22.7. The van der Waals surface area contributed by atoms with E-state index >= 15 is 0 Å². The first-order chi connectivity index (χ1) is 8.06. The van der Waals surface area contributed by atoms with Crippen molar-refractivity contribution >= 4 is 29.3 Å². The Morgan fingerprint density at radius 2 is 2.29 bits per heavy atom. The summed E-state index contributed by atoms with van der Waals surface area (Å²) in [7, 11) is 0. The van der Waals surface area contributed by atoms with Gasteiger partial charge in [0.1, 0.15) is 5.82 Å². The largest absolute Gasteiger partial charge is 0.481 e. The predicted octanol–water partition coefficient (Wildman–Crippen LogP) is 2.10. The molecule has 1 aliphatic heterocycles. The Kier molecular flexibility index (Phi) is 3.33. The van der Waals surface area contributed by atoms with Crippen molar-refractivity contribution in [2.45, 2.75) is 23.0 Å². The highest BCUT2D eigenvalue weighted by Gasteiger charge is 2.27. The molecule has 0 saturated heterocycles. The maximum Gasteiger partial charge on any atom is 0.303 e. The van der Waals surface area contributed by atoms with Gasteiger partial charge in [0.2, 0.25) is 5.91 Å². The van der Waals surface area contributed by atoms with Crippen LogP contribution in [0.1, 0.15) is 12.8 Å². The highest BCUT2D eigenvalue weighted by molar-refractivity contribution is 8.01. The Balaban J connectivity index is 2.14. The lowest BCUT2D eigenvalue weighted by Gasteiger charge is -2.23. The van der Waals surface area contributed by atoms with Gasteiger partial charge in [-0.15, -0.1) is 11.8 Å². The summed E-state index contributed by atoms with van der Waals surface area (Å²) in [5.74, 6) is -1.54. The molecule has 1 aliphatic rings. The molecule has 1 atom stereocenters. The van der Waals surface area contributed by atoms with E-state index in [1.807, 2.05) is 0 Å². The first-order valence-corrected chi connectivity index (χ1v) is 5.93. The van der Waals surface area contributed by atoms with Crippen molar-refractivity contribution < 1.29 is 19.1 Å². The third-order valence-corrected chi connectivity index (χ3v) is 3.71. The Bertz CT molecular complexity index is 478. The SMILES string of the molecule is O=C(O)CCC1Sc2cc(F)ccc2NC1=O. The molecule has 0 saturated carbocycles. The number of carboxylic acid groups (broad SMARTS) is 1. The first-order valence-electron chi connectivity index (χ1n) is 5.05. The van der Waals surface area contributed by atoms with Crippen molar-refractivity contribution in [2.24, 2.45) is 0 Å². The Morgan fingerprint density at radius 1 is 1.53 bits per heavy atom. The van der Waals surface area contributed by atoms with E-state index in [0.717, 1.165) is 0 Å². The zero-order valence-corrected chi connectivity index (χ0v) is 9.59. The number of thioether (sulfide) groups is 1. The van der Waals surface area contributed by atoms with Crippen LogP contribution in [0.2, 0.25) is 0 Å². The molecule has 1 unspecified atom stereocenters. The summed E-state index contributed by atoms with van der Waals surface area (Å²) in [6.07, 6.45) is 0.164. The third kappa shape index (κ3) is 2.76. The minimum absolute atomic E-state index is 0.0737. The van der Waals surface area contributed by atoms with E-state index in [0.29, 0.717) is 10.6 Å². The summed E-state index contributed by atoms with van der Waals surface area (Å²) in [6, 6.07) is 4.12. The van der Waals surface area contributed by atoms with Crippen LogP contribution in [0.4, 0.5) is 10.1 Å². The maximum absolute atomic E-state index is 13.0. The molecule has 2 rings (SSSR count). The summed E-state index contributed by atoms with van der Waals surface area (Å²) in [5.41, 5.74) is 0.577. The molecule has 1 heterocycles. The lowest BCUT2D eigenvalue weighted by molar-refractivity contribution is -0.137. The highest BCUT2D eigenvalue weighted by atomic mass is 32.2. The summed E-state index contributed by atoms with van der Waals surface area (Å²) < 4.78 is 13.0. The number of anilines is 1. The standard InChI is InChI=1S/C11H10FNO3S/c12-6-1-2-7-9(5-6)17-8(11(16)13-7)3-4-10(14)15/h1-2,5,8H,3-4H2,(H,13,16)(H,14,15). The fraction of sp³-hybridized carbons (Fsp3) is 0.273. The van der Waals surface area contributed by atoms with Gasteiger partial charge in [-0.25, -0.2) is 4.39 Å². The molecule has 0 radical (unpaired) electrons. The van der Waals surface area contributed by atoms with Gasteiger partial charge in [-0.1, -0.05) is 0 Å². The molecule has 2 N–H and O–H groups in total. The normalized spacial score (nSPS) is 18.4. The molecule has 90 valence electrons. The second-order valence-electron chi connectivity index (χ2n) is 3.67. The van der Waals surface area contributed by atoms with Crippen molar-refractivity contribution in [1.82, 2.24) is 0 Å². The number of rotatable bonds is 3. The van der Waals surface area contributed by atoms with Gasteiger partial charge in [0.05, 0.1) is 10.9 Å².